The third-order valence-electron chi connectivity index (χ3n) is 7.20. The lowest BCUT2D eigenvalue weighted by molar-refractivity contribution is -0.127. The van der Waals surface area contributed by atoms with Crippen LogP contribution < -0.4 is 4.90 Å². The summed E-state index contributed by atoms with van der Waals surface area (Å²) in [6.07, 6.45) is -0.962. The molecule has 35 heavy (non-hydrogen) atoms. The molecule has 0 bridgehead atoms. The Morgan fingerprint density at radius 1 is 0.857 bits per heavy atom. The number of halogens is 2. The van der Waals surface area contributed by atoms with Crippen molar-refractivity contribution in [3.05, 3.63) is 98.5 Å². The molecule has 0 saturated carbocycles. The predicted octanol–water partition coefficient (Wildman–Crippen LogP) is 5.11. The van der Waals surface area contributed by atoms with Gasteiger partial charge in [0, 0.05) is 20.6 Å². The number of nitrogens with zero attached hydrogens (tertiary/aromatic N) is 1. The molecule has 0 N–H and O–H groups in total. The van der Waals surface area contributed by atoms with Gasteiger partial charge in [-0.1, -0.05) is 70.0 Å². The normalized spacial score (nSPS) is 24.4. The van der Waals surface area contributed by atoms with Gasteiger partial charge in [-0.25, -0.2) is 4.90 Å². The fourth-order valence-corrected chi connectivity index (χ4v) is 5.98. The van der Waals surface area contributed by atoms with Gasteiger partial charge in [-0.3, -0.25) is 19.2 Å². The van der Waals surface area contributed by atoms with Gasteiger partial charge < -0.3 is 4.74 Å². The zero-order valence-corrected chi connectivity index (χ0v) is 20.7. The van der Waals surface area contributed by atoms with Crippen LogP contribution in [-0.2, 0) is 14.3 Å². The lowest BCUT2D eigenvalue weighted by Crippen LogP contribution is -2.51. The average Bonchev–Trinajstić information content (AvgIpc) is 3.42. The van der Waals surface area contributed by atoms with Crippen LogP contribution in [0.15, 0.2) is 71.2 Å². The second-order valence-electron chi connectivity index (χ2n) is 8.93. The van der Waals surface area contributed by atoms with E-state index in [4.69, 9.17) is 16.3 Å². The number of fused-ring (bicyclic) bond motifs is 3. The quantitative estimate of drug-likeness (QED) is 0.327. The molecule has 1 aliphatic carbocycles. The number of imide groups is 1. The molecule has 3 aromatic carbocycles. The molecular formula is C27H17BrClNO5. The molecule has 1 spiro atoms. The number of Topliss-reactive ketones (excluding diaryl/α,β-unsaturated/α-hetero) is 2. The van der Waals surface area contributed by atoms with E-state index in [1.807, 2.05) is 0 Å². The lowest BCUT2D eigenvalue weighted by Gasteiger charge is -2.27. The number of hydrogen-bond donors (Lipinski definition) is 0. The number of ketones is 2. The van der Waals surface area contributed by atoms with E-state index in [2.05, 4.69) is 15.9 Å². The van der Waals surface area contributed by atoms with Crippen LogP contribution >= 0.6 is 27.5 Å². The van der Waals surface area contributed by atoms with Crippen LogP contribution in [0, 0.1) is 18.8 Å². The van der Waals surface area contributed by atoms with Crippen molar-refractivity contribution in [2.24, 2.45) is 11.8 Å². The van der Waals surface area contributed by atoms with Crippen molar-refractivity contribution in [1.82, 2.24) is 0 Å². The summed E-state index contributed by atoms with van der Waals surface area (Å²) < 4.78 is 7.10. The number of hydrogen-bond acceptors (Lipinski definition) is 5. The lowest BCUT2D eigenvalue weighted by atomic mass is 9.77. The summed E-state index contributed by atoms with van der Waals surface area (Å²) in [5, 5.41) is 0.399. The van der Waals surface area contributed by atoms with E-state index >= 15 is 0 Å². The highest BCUT2D eigenvalue weighted by Gasteiger charge is 2.74. The topological polar surface area (TPSA) is 80.8 Å². The van der Waals surface area contributed by atoms with Crippen molar-refractivity contribution in [1.29, 1.82) is 0 Å². The van der Waals surface area contributed by atoms with Crippen molar-refractivity contribution in [3.8, 4) is 0 Å². The van der Waals surface area contributed by atoms with Crippen LogP contribution in [0.2, 0.25) is 5.02 Å². The molecule has 2 heterocycles. The minimum absolute atomic E-state index is 0.199. The van der Waals surface area contributed by atoms with Crippen LogP contribution in [-0.4, -0.2) is 29.0 Å². The average molecular weight is 551 g/mol. The van der Waals surface area contributed by atoms with E-state index < -0.39 is 46.9 Å². The number of carbonyl (C=O) groups excluding carboxylic acids is 4. The van der Waals surface area contributed by atoms with Crippen LogP contribution in [0.5, 0.6) is 0 Å². The SMILES string of the molecule is Cc1c(Cl)cccc1N1C(=O)[C@H]2[C@@H](C1=O)C1(O[C@H]2c2ccc(Br)cc2)C(=O)c2ccccc2C1=O. The first-order valence-electron chi connectivity index (χ1n) is 11.0. The summed E-state index contributed by atoms with van der Waals surface area (Å²) in [7, 11) is 0. The van der Waals surface area contributed by atoms with Gasteiger partial charge in [-0.2, -0.15) is 0 Å². The highest BCUT2D eigenvalue weighted by Crippen LogP contribution is 2.58. The van der Waals surface area contributed by atoms with E-state index in [1.165, 1.54) is 0 Å². The third kappa shape index (κ3) is 2.86. The fourth-order valence-electron chi connectivity index (χ4n) is 5.55. The van der Waals surface area contributed by atoms with Crippen molar-refractivity contribution in [2.75, 3.05) is 4.90 Å². The molecule has 6 rings (SSSR count). The second kappa shape index (κ2) is 7.68. The standard InChI is InChI=1S/C27H17BrClNO5/c1-13-18(29)7-4-8-19(13)30-25(33)20-21(26(30)34)27(35-22(20)14-9-11-15(28)12-10-14)23(31)16-5-2-3-6-17(16)24(27)32/h2-12,20-22H,1H3/t20-,21-,22-/m0/s1. The van der Waals surface area contributed by atoms with Gasteiger partial charge in [0.15, 0.2) is 0 Å². The largest absolute Gasteiger partial charge is 0.349 e. The van der Waals surface area contributed by atoms with E-state index in [0.29, 0.717) is 21.8 Å². The predicted molar refractivity (Wildman–Crippen MR) is 131 cm³/mol. The van der Waals surface area contributed by atoms with Gasteiger partial charge in [0.1, 0.15) is 0 Å². The molecule has 2 saturated heterocycles. The minimum atomic E-state index is -2.10. The van der Waals surface area contributed by atoms with Gasteiger partial charge in [-0.05, 0) is 42.3 Å². The maximum atomic E-state index is 14.0. The zero-order valence-electron chi connectivity index (χ0n) is 18.3. The Morgan fingerprint density at radius 2 is 1.49 bits per heavy atom. The van der Waals surface area contributed by atoms with Crippen molar-refractivity contribution in [2.45, 2.75) is 18.6 Å². The smallest absolute Gasteiger partial charge is 0.241 e. The molecule has 0 unspecified atom stereocenters. The first kappa shape index (κ1) is 22.3. The summed E-state index contributed by atoms with van der Waals surface area (Å²) in [4.78, 5) is 56.4. The molecule has 0 aromatic heterocycles. The molecule has 3 aromatic rings. The molecule has 3 aliphatic rings. The summed E-state index contributed by atoms with van der Waals surface area (Å²) in [5.41, 5.74) is -0.210. The van der Waals surface area contributed by atoms with E-state index in [1.54, 1.807) is 73.7 Å². The Hall–Kier alpha value is -3.13. The molecule has 2 fully saturated rings. The van der Waals surface area contributed by atoms with E-state index in [9.17, 15) is 19.2 Å². The molecule has 0 radical (unpaired) electrons. The molecular weight excluding hydrogens is 534 g/mol. The van der Waals surface area contributed by atoms with Crippen molar-refractivity contribution in [3.63, 3.8) is 0 Å². The van der Waals surface area contributed by atoms with Crippen LogP contribution in [0.3, 0.4) is 0 Å². The number of amides is 2. The molecule has 174 valence electrons. The minimum Gasteiger partial charge on any atom is -0.349 e. The Balaban J connectivity index is 1.56. The van der Waals surface area contributed by atoms with Gasteiger partial charge in [0.25, 0.3) is 0 Å². The zero-order chi connectivity index (χ0) is 24.6. The number of benzene rings is 3. The van der Waals surface area contributed by atoms with E-state index in [-0.39, 0.29) is 11.1 Å². The Morgan fingerprint density at radius 3 is 2.11 bits per heavy atom. The van der Waals surface area contributed by atoms with Crippen LogP contribution in [0.4, 0.5) is 5.69 Å². The number of anilines is 1. The summed E-state index contributed by atoms with van der Waals surface area (Å²) in [5.74, 6) is -4.68. The highest BCUT2D eigenvalue weighted by atomic mass is 79.9. The summed E-state index contributed by atoms with van der Waals surface area (Å²) in [6.45, 7) is 1.71. The number of carbonyl (C=O) groups is 4. The summed E-state index contributed by atoms with van der Waals surface area (Å²) >= 11 is 9.68. The molecule has 6 nitrogen and oxygen atoms in total. The van der Waals surface area contributed by atoms with Gasteiger partial charge in [-0.15, -0.1) is 0 Å². The van der Waals surface area contributed by atoms with Gasteiger partial charge >= 0.3 is 0 Å². The van der Waals surface area contributed by atoms with Crippen molar-refractivity contribution >= 4 is 56.6 Å². The maximum absolute atomic E-state index is 14.0. The first-order chi connectivity index (χ1) is 16.8. The third-order valence-corrected chi connectivity index (χ3v) is 8.14. The molecule has 2 aliphatic heterocycles. The van der Waals surface area contributed by atoms with Crippen LogP contribution in [0.1, 0.15) is 37.9 Å². The Kier molecular flexibility index (Phi) is 4.90. The summed E-state index contributed by atoms with van der Waals surface area (Å²) in [6, 6.07) is 18.5. The molecule has 3 atom stereocenters. The Labute approximate surface area is 214 Å². The fraction of sp³-hybridized carbons (Fsp3) is 0.185. The molecule has 8 heteroatoms. The van der Waals surface area contributed by atoms with Gasteiger partial charge in [0.05, 0.1) is 23.6 Å². The van der Waals surface area contributed by atoms with Crippen LogP contribution in [0.25, 0.3) is 0 Å². The number of ether oxygens (including phenoxy) is 1. The molecule has 2 amide bonds. The van der Waals surface area contributed by atoms with Gasteiger partial charge in [0.2, 0.25) is 29.0 Å². The van der Waals surface area contributed by atoms with Crippen molar-refractivity contribution < 1.29 is 23.9 Å². The van der Waals surface area contributed by atoms with E-state index in [0.717, 1.165) is 9.37 Å². The highest BCUT2D eigenvalue weighted by molar-refractivity contribution is 9.10. The second-order valence-corrected chi connectivity index (χ2v) is 10.3. The number of rotatable bonds is 2. The Bertz CT molecular complexity index is 1430. The monoisotopic (exact) mass is 549 g/mol. The first-order valence-corrected chi connectivity index (χ1v) is 12.2. The maximum Gasteiger partial charge on any atom is 0.241 e.